The highest BCUT2D eigenvalue weighted by Gasteiger charge is 2.16. The van der Waals surface area contributed by atoms with Crippen molar-refractivity contribution >= 4 is 35.1 Å². The van der Waals surface area contributed by atoms with E-state index in [4.69, 9.17) is 0 Å². The number of hydrogen-bond donors (Lipinski definition) is 1. The third-order valence-electron chi connectivity index (χ3n) is 3.46. The first-order valence-electron chi connectivity index (χ1n) is 7.95. The van der Waals surface area contributed by atoms with Gasteiger partial charge in [-0.25, -0.2) is 4.98 Å². The summed E-state index contributed by atoms with van der Waals surface area (Å²) in [6, 6.07) is 14.3. The molecule has 1 amide bonds. The Morgan fingerprint density at radius 2 is 1.85 bits per heavy atom. The maximum atomic E-state index is 12.6. The number of thioether (sulfide) groups is 2. The summed E-state index contributed by atoms with van der Waals surface area (Å²) in [4.78, 5) is 21.4. The van der Waals surface area contributed by atoms with Gasteiger partial charge >= 0.3 is 0 Å². The number of carbonyl (C=O) groups is 1. The van der Waals surface area contributed by atoms with Gasteiger partial charge in [0.05, 0.1) is 5.56 Å². The first-order chi connectivity index (χ1) is 13.1. The number of aromatic nitrogens is 2. The number of hydrogen-bond acceptors (Lipinski definition) is 5. The number of nitrogens with one attached hydrogen (secondary N) is 1. The number of alkyl halides is 2. The maximum absolute atomic E-state index is 12.6. The van der Waals surface area contributed by atoms with Gasteiger partial charge < -0.3 is 5.32 Å². The van der Waals surface area contributed by atoms with Crippen LogP contribution in [0.2, 0.25) is 0 Å². The Morgan fingerprint density at radius 3 is 2.56 bits per heavy atom. The summed E-state index contributed by atoms with van der Waals surface area (Å²) in [6.45, 7) is 0. The number of benzene rings is 1. The summed E-state index contributed by atoms with van der Waals surface area (Å²) in [7, 11) is 0. The summed E-state index contributed by atoms with van der Waals surface area (Å²) in [5, 5.41) is 2.72. The molecule has 0 unspecified atom stereocenters. The summed E-state index contributed by atoms with van der Waals surface area (Å²) >= 11 is 1.91. The van der Waals surface area contributed by atoms with E-state index in [0.29, 0.717) is 5.69 Å². The lowest BCUT2D eigenvalue weighted by atomic mass is 10.2. The highest BCUT2D eigenvalue weighted by atomic mass is 32.2. The van der Waals surface area contributed by atoms with E-state index in [1.165, 1.54) is 12.3 Å². The van der Waals surface area contributed by atoms with Crippen molar-refractivity contribution in [2.75, 3.05) is 5.32 Å². The molecule has 0 fully saturated rings. The predicted octanol–water partition coefficient (Wildman–Crippen LogP) is 5.34. The molecule has 0 radical (unpaired) electrons. The molecule has 1 N–H and O–H groups in total. The lowest BCUT2D eigenvalue weighted by Gasteiger charge is -2.09. The Morgan fingerprint density at radius 1 is 1.07 bits per heavy atom. The average molecular weight is 403 g/mol. The molecule has 2 aromatic heterocycles. The van der Waals surface area contributed by atoms with Crippen molar-refractivity contribution in [3.8, 4) is 0 Å². The van der Waals surface area contributed by atoms with Crippen molar-refractivity contribution in [2.45, 2.75) is 21.4 Å². The van der Waals surface area contributed by atoms with E-state index in [0.717, 1.165) is 16.2 Å². The Hall–Kier alpha value is -2.45. The Balaban J connectivity index is 1.62. The van der Waals surface area contributed by atoms with E-state index in [9.17, 15) is 13.6 Å². The zero-order chi connectivity index (χ0) is 19.1. The van der Waals surface area contributed by atoms with Gasteiger partial charge in [-0.05, 0) is 59.8 Å². The summed E-state index contributed by atoms with van der Waals surface area (Å²) < 4.78 is 25.2. The van der Waals surface area contributed by atoms with E-state index in [2.05, 4.69) is 15.3 Å². The van der Waals surface area contributed by atoms with Crippen molar-refractivity contribution in [2.24, 2.45) is 0 Å². The Kier molecular flexibility index (Phi) is 6.78. The molecular weight excluding hydrogens is 388 g/mol. The average Bonchev–Trinajstić information content (AvgIpc) is 2.68. The fraction of sp³-hybridized carbons (Fsp3) is 0.105. The van der Waals surface area contributed by atoms with Crippen LogP contribution in [0.1, 0.15) is 15.9 Å². The molecule has 8 heteroatoms. The molecule has 1 aromatic carbocycles. The number of amides is 1. The quantitative estimate of drug-likeness (QED) is 0.540. The van der Waals surface area contributed by atoms with Gasteiger partial charge in [-0.15, -0.1) is 11.8 Å². The van der Waals surface area contributed by atoms with Crippen LogP contribution >= 0.6 is 23.5 Å². The van der Waals surface area contributed by atoms with Crippen molar-refractivity contribution in [3.05, 3.63) is 78.2 Å². The molecular formula is C19H15F2N3OS2. The van der Waals surface area contributed by atoms with Crippen molar-refractivity contribution < 1.29 is 13.6 Å². The second kappa shape index (κ2) is 9.48. The second-order valence-electron chi connectivity index (χ2n) is 5.36. The minimum atomic E-state index is -2.64. The molecule has 0 saturated carbocycles. The number of anilines is 1. The standard InChI is InChI=1S/C19H15F2N3OS2/c20-19(21)27-18-16(4-2-10-23-18)17(25)24-14-5-7-15(8-6-14)26-12-13-3-1-9-22-11-13/h1-11,19H,12H2,(H,24,25). The van der Waals surface area contributed by atoms with Crippen molar-refractivity contribution in [1.82, 2.24) is 9.97 Å². The molecule has 0 aliphatic carbocycles. The highest BCUT2D eigenvalue weighted by molar-refractivity contribution is 7.99. The molecule has 2 heterocycles. The fourth-order valence-electron chi connectivity index (χ4n) is 2.23. The molecule has 0 aliphatic heterocycles. The lowest BCUT2D eigenvalue weighted by molar-refractivity contribution is 0.102. The van der Waals surface area contributed by atoms with Gasteiger partial charge in [0.25, 0.3) is 11.7 Å². The van der Waals surface area contributed by atoms with Crippen LogP contribution in [-0.4, -0.2) is 21.6 Å². The van der Waals surface area contributed by atoms with Gasteiger partial charge in [0.1, 0.15) is 5.03 Å². The minimum Gasteiger partial charge on any atom is -0.322 e. The smallest absolute Gasteiger partial charge is 0.290 e. The fourth-order valence-corrected chi connectivity index (χ4v) is 3.64. The molecule has 0 bridgehead atoms. The molecule has 27 heavy (non-hydrogen) atoms. The normalized spacial score (nSPS) is 10.8. The molecule has 0 atom stereocenters. The molecule has 138 valence electrons. The Labute approximate surface area is 163 Å². The van der Waals surface area contributed by atoms with E-state index in [-0.39, 0.29) is 22.4 Å². The van der Waals surface area contributed by atoms with Crippen LogP contribution in [0.25, 0.3) is 0 Å². The number of nitrogens with zero attached hydrogens (tertiary/aromatic N) is 2. The van der Waals surface area contributed by atoms with E-state index >= 15 is 0 Å². The first kappa shape index (κ1) is 19.3. The molecule has 3 rings (SSSR count). The summed E-state index contributed by atoms with van der Waals surface area (Å²) in [5.41, 5.74) is 1.83. The van der Waals surface area contributed by atoms with Gasteiger partial charge in [0.15, 0.2) is 0 Å². The third-order valence-corrected chi connectivity index (χ3v) is 5.27. The molecule has 0 saturated heterocycles. The zero-order valence-corrected chi connectivity index (χ0v) is 15.6. The van der Waals surface area contributed by atoms with Crippen LogP contribution in [0.4, 0.5) is 14.5 Å². The van der Waals surface area contributed by atoms with Gasteiger partial charge in [-0.3, -0.25) is 9.78 Å². The van der Waals surface area contributed by atoms with Crippen LogP contribution in [0, 0.1) is 0 Å². The van der Waals surface area contributed by atoms with Gasteiger partial charge in [0.2, 0.25) is 0 Å². The Bertz CT molecular complexity index is 893. The molecule has 3 aromatic rings. The SMILES string of the molecule is O=C(Nc1ccc(SCc2cccnc2)cc1)c1cccnc1SC(F)F. The first-order valence-corrected chi connectivity index (χ1v) is 9.81. The van der Waals surface area contributed by atoms with E-state index < -0.39 is 11.7 Å². The monoisotopic (exact) mass is 403 g/mol. The molecule has 0 aliphatic rings. The van der Waals surface area contributed by atoms with Gasteiger partial charge in [0, 0.05) is 34.9 Å². The predicted molar refractivity (Wildman–Crippen MR) is 104 cm³/mol. The van der Waals surface area contributed by atoms with Crippen LogP contribution in [0.15, 0.2) is 77.0 Å². The third kappa shape index (κ3) is 5.77. The highest BCUT2D eigenvalue weighted by Crippen LogP contribution is 2.27. The van der Waals surface area contributed by atoms with Crippen LogP contribution < -0.4 is 5.32 Å². The molecule has 4 nitrogen and oxygen atoms in total. The van der Waals surface area contributed by atoms with Crippen LogP contribution in [-0.2, 0) is 5.75 Å². The number of pyridine rings is 2. The zero-order valence-electron chi connectivity index (χ0n) is 14.0. The number of halogens is 2. The van der Waals surface area contributed by atoms with Crippen LogP contribution in [0.5, 0.6) is 0 Å². The summed E-state index contributed by atoms with van der Waals surface area (Å²) in [6.07, 6.45) is 4.94. The van der Waals surface area contributed by atoms with E-state index in [1.807, 2.05) is 30.5 Å². The summed E-state index contributed by atoms with van der Waals surface area (Å²) in [5.74, 6) is -2.31. The van der Waals surface area contributed by atoms with Crippen molar-refractivity contribution in [3.63, 3.8) is 0 Å². The van der Waals surface area contributed by atoms with Crippen molar-refractivity contribution in [1.29, 1.82) is 0 Å². The minimum absolute atomic E-state index is 0.00801. The largest absolute Gasteiger partial charge is 0.322 e. The van der Waals surface area contributed by atoms with Crippen LogP contribution in [0.3, 0.4) is 0 Å². The second-order valence-corrected chi connectivity index (χ2v) is 7.39. The lowest BCUT2D eigenvalue weighted by Crippen LogP contribution is -2.13. The van der Waals surface area contributed by atoms with Gasteiger partial charge in [-0.2, -0.15) is 8.78 Å². The number of carbonyl (C=O) groups excluding carboxylic acids is 1. The maximum Gasteiger partial charge on any atom is 0.290 e. The molecule has 0 spiro atoms. The topological polar surface area (TPSA) is 54.9 Å². The van der Waals surface area contributed by atoms with E-state index in [1.54, 1.807) is 36.2 Å². The number of rotatable bonds is 7. The van der Waals surface area contributed by atoms with Gasteiger partial charge in [-0.1, -0.05) is 6.07 Å².